The normalized spacial score (nSPS) is 20.9. The van der Waals surface area contributed by atoms with Crippen molar-refractivity contribution < 1.29 is 40.6 Å². The van der Waals surface area contributed by atoms with Crippen LogP contribution in [0, 0.1) is 0 Å². The highest BCUT2D eigenvalue weighted by molar-refractivity contribution is 5.76. The van der Waals surface area contributed by atoms with Gasteiger partial charge in [0.1, 0.15) is 12.9 Å². The Morgan fingerprint density at radius 2 is 1.65 bits per heavy atom. The van der Waals surface area contributed by atoms with Crippen LogP contribution in [-0.4, -0.2) is 63.0 Å². The summed E-state index contributed by atoms with van der Waals surface area (Å²) in [4.78, 5) is 20.7. The van der Waals surface area contributed by atoms with Crippen LogP contribution in [0.2, 0.25) is 0 Å². The van der Waals surface area contributed by atoms with E-state index >= 15 is 0 Å². The number of hydrogen-bond acceptors (Lipinski definition) is 6. The van der Waals surface area contributed by atoms with Crippen LogP contribution >= 0.6 is 0 Å². The lowest BCUT2D eigenvalue weighted by atomic mass is 10.0. The second kappa shape index (κ2) is 12.6. The van der Waals surface area contributed by atoms with Crippen molar-refractivity contribution in [2.45, 2.75) is 63.6 Å². The van der Waals surface area contributed by atoms with E-state index in [4.69, 9.17) is 9.47 Å². The molecule has 0 aliphatic carbocycles. The Labute approximate surface area is 244 Å². The summed E-state index contributed by atoms with van der Waals surface area (Å²) in [7, 11) is 0. The van der Waals surface area contributed by atoms with E-state index in [-0.39, 0.29) is 37.2 Å². The molecule has 2 aliphatic rings. The van der Waals surface area contributed by atoms with Crippen LogP contribution in [0.3, 0.4) is 0 Å². The lowest BCUT2D eigenvalue weighted by molar-refractivity contribution is -0.231. The number of aromatic nitrogens is 3. The standard InChI is InChI=1S/C29H31F6N5O3/c1-19(21-13-22(28(30,31)32)15-23(14-21)29(33,34)35)43-27-26(20-7-3-2-4-8-20)39(11-12-42-27)16-24-36-18-40(37-24)17-25(41)38-9-5-6-10-38/h2-4,7-8,13-15,18-19,26-27H,5-6,9-12,16-17H2,1H3/t19?,26-,27+/m0/s1. The maximum atomic E-state index is 13.5. The molecule has 8 nitrogen and oxygen atoms in total. The Kier molecular flexibility index (Phi) is 9.09. The van der Waals surface area contributed by atoms with Gasteiger partial charge in [-0.3, -0.25) is 9.69 Å². The molecule has 0 N–H and O–H groups in total. The van der Waals surface area contributed by atoms with Crippen molar-refractivity contribution >= 4 is 5.91 Å². The number of carbonyl (C=O) groups excluding carboxylic acids is 1. The summed E-state index contributed by atoms with van der Waals surface area (Å²) in [6, 6.07) is 9.94. The molecule has 1 unspecified atom stereocenters. The summed E-state index contributed by atoms with van der Waals surface area (Å²) in [6.07, 6.45) is -8.71. The van der Waals surface area contributed by atoms with Crippen molar-refractivity contribution in [1.82, 2.24) is 24.6 Å². The fraction of sp³-hybridized carbons (Fsp3) is 0.483. The molecule has 0 bridgehead atoms. The zero-order chi connectivity index (χ0) is 30.8. The maximum Gasteiger partial charge on any atom is 0.416 e. The molecule has 0 saturated carbocycles. The number of alkyl halides is 6. The minimum atomic E-state index is -4.98. The molecule has 2 aliphatic heterocycles. The summed E-state index contributed by atoms with van der Waals surface area (Å²) in [5.74, 6) is 0.407. The first-order chi connectivity index (χ1) is 20.4. The Morgan fingerprint density at radius 1 is 1.00 bits per heavy atom. The first-order valence-corrected chi connectivity index (χ1v) is 13.9. The first kappa shape index (κ1) is 31.0. The van der Waals surface area contributed by atoms with Crippen LogP contribution in [0.15, 0.2) is 54.9 Å². The van der Waals surface area contributed by atoms with Crippen LogP contribution in [0.25, 0.3) is 0 Å². The van der Waals surface area contributed by atoms with Gasteiger partial charge in [0.2, 0.25) is 5.91 Å². The molecule has 1 aromatic heterocycles. The summed E-state index contributed by atoms with van der Waals surface area (Å²) in [5.41, 5.74) is -2.34. The maximum absolute atomic E-state index is 13.5. The first-order valence-electron chi connectivity index (χ1n) is 13.9. The zero-order valence-corrected chi connectivity index (χ0v) is 23.3. The van der Waals surface area contributed by atoms with E-state index < -0.39 is 41.9 Å². The molecule has 5 rings (SSSR count). The number of morpholine rings is 1. The summed E-state index contributed by atoms with van der Waals surface area (Å²) in [6.45, 7) is 3.76. The second-order valence-electron chi connectivity index (χ2n) is 10.6. The Bertz CT molecular complexity index is 1360. The molecule has 3 heterocycles. The van der Waals surface area contributed by atoms with Gasteiger partial charge in [0.25, 0.3) is 0 Å². The molecule has 2 saturated heterocycles. The number of benzene rings is 2. The fourth-order valence-electron chi connectivity index (χ4n) is 5.36. The number of nitrogens with zero attached hydrogens (tertiary/aromatic N) is 5. The molecular formula is C29H31F6N5O3. The van der Waals surface area contributed by atoms with Gasteiger partial charge in [-0.25, -0.2) is 9.67 Å². The van der Waals surface area contributed by atoms with Crippen molar-refractivity contribution in [2.75, 3.05) is 26.2 Å². The third-order valence-electron chi connectivity index (χ3n) is 7.56. The van der Waals surface area contributed by atoms with Crippen molar-refractivity contribution in [3.8, 4) is 0 Å². The van der Waals surface area contributed by atoms with Crippen molar-refractivity contribution in [3.63, 3.8) is 0 Å². The van der Waals surface area contributed by atoms with Crippen LogP contribution in [0.4, 0.5) is 26.3 Å². The number of ether oxygens (including phenoxy) is 2. The van der Waals surface area contributed by atoms with E-state index in [9.17, 15) is 31.1 Å². The van der Waals surface area contributed by atoms with E-state index in [1.54, 1.807) is 4.90 Å². The van der Waals surface area contributed by atoms with E-state index in [0.29, 0.717) is 24.5 Å². The van der Waals surface area contributed by atoms with Crippen LogP contribution in [-0.2, 0) is 39.7 Å². The molecule has 232 valence electrons. The van der Waals surface area contributed by atoms with Gasteiger partial charge in [0, 0.05) is 19.6 Å². The number of likely N-dealkylation sites (tertiary alicyclic amines) is 1. The summed E-state index contributed by atoms with van der Waals surface area (Å²) >= 11 is 0. The van der Waals surface area contributed by atoms with Crippen molar-refractivity contribution in [3.05, 3.63) is 82.9 Å². The second-order valence-corrected chi connectivity index (χ2v) is 10.6. The van der Waals surface area contributed by atoms with Crippen LogP contribution in [0.1, 0.15) is 60.0 Å². The Balaban J connectivity index is 1.36. The fourth-order valence-corrected chi connectivity index (χ4v) is 5.36. The number of amides is 1. The van der Waals surface area contributed by atoms with E-state index in [1.165, 1.54) is 17.9 Å². The molecule has 43 heavy (non-hydrogen) atoms. The Hall–Kier alpha value is -3.49. The molecule has 2 aromatic carbocycles. The molecule has 0 radical (unpaired) electrons. The van der Waals surface area contributed by atoms with Crippen molar-refractivity contribution in [1.29, 1.82) is 0 Å². The van der Waals surface area contributed by atoms with E-state index in [0.717, 1.165) is 31.5 Å². The molecule has 2 fully saturated rings. The van der Waals surface area contributed by atoms with E-state index in [1.807, 2.05) is 35.2 Å². The lowest BCUT2D eigenvalue weighted by Gasteiger charge is -2.41. The average Bonchev–Trinajstić information content (AvgIpc) is 3.65. The number of carbonyl (C=O) groups is 1. The largest absolute Gasteiger partial charge is 0.416 e. The number of rotatable bonds is 8. The quantitative estimate of drug-likeness (QED) is 0.308. The van der Waals surface area contributed by atoms with Gasteiger partial charge in [0.15, 0.2) is 12.1 Å². The molecule has 14 heteroatoms. The SMILES string of the molecule is CC(O[C@H]1OCCN(Cc2ncn(CC(=O)N3CCCC3)n2)[C@H]1c1ccccc1)c1cc(C(F)(F)F)cc(C(F)(F)F)c1. The van der Waals surface area contributed by atoms with Crippen LogP contribution in [0.5, 0.6) is 0 Å². The third kappa shape index (κ3) is 7.54. The van der Waals surface area contributed by atoms with Gasteiger partial charge < -0.3 is 14.4 Å². The van der Waals surface area contributed by atoms with Gasteiger partial charge in [-0.2, -0.15) is 31.4 Å². The highest BCUT2D eigenvalue weighted by Crippen LogP contribution is 2.39. The molecule has 0 spiro atoms. The van der Waals surface area contributed by atoms with Gasteiger partial charge in [-0.15, -0.1) is 0 Å². The predicted octanol–water partition coefficient (Wildman–Crippen LogP) is 5.62. The smallest absolute Gasteiger partial charge is 0.349 e. The van der Waals surface area contributed by atoms with Crippen LogP contribution < -0.4 is 0 Å². The number of hydrogen-bond donors (Lipinski definition) is 0. The Morgan fingerprint density at radius 3 is 2.28 bits per heavy atom. The van der Waals surface area contributed by atoms with Gasteiger partial charge in [-0.1, -0.05) is 30.3 Å². The average molecular weight is 612 g/mol. The van der Waals surface area contributed by atoms with Crippen molar-refractivity contribution in [2.24, 2.45) is 0 Å². The lowest BCUT2D eigenvalue weighted by Crippen LogP contribution is -2.46. The minimum Gasteiger partial charge on any atom is -0.349 e. The molecular weight excluding hydrogens is 580 g/mol. The van der Waals surface area contributed by atoms with Gasteiger partial charge >= 0.3 is 12.4 Å². The minimum absolute atomic E-state index is 0.0341. The van der Waals surface area contributed by atoms with Gasteiger partial charge in [-0.05, 0) is 49.1 Å². The summed E-state index contributed by atoms with van der Waals surface area (Å²) < 4.78 is 94.3. The monoisotopic (exact) mass is 611 g/mol. The molecule has 3 aromatic rings. The molecule has 3 atom stereocenters. The predicted molar refractivity (Wildman–Crippen MR) is 141 cm³/mol. The number of halogens is 6. The highest BCUT2D eigenvalue weighted by Gasteiger charge is 2.39. The molecule has 1 amide bonds. The third-order valence-corrected chi connectivity index (χ3v) is 7.56. The topological polar surface area (TPSA) is 72.7 Å². The van der Waals surface area contributed by atoms with E-state index in [2.05, 4.69) is 10.1 Å². The summed E-state index contributed by atoms with van der Waals surface area (Å²) in [5, 5.41) is 4.46. The zero-order valence-electron chi connectivity index (χ0n) is 23.3. The highest BCUT2D eigenvalue weighted by atomic mass is 19.4. The van der Waals surface area contributed by atoms with Gasteiger partial charge in [0.05, 0.1) is 36.4 Å².